The van der Waals surface area contributed by atoms with Crippen molar-refractivity contribution < 1.29 is 0 Å². The van der Waals surface area contributed by atoms with Crippen LogP contribution in [0, 0.1) is 0 Å². The Kier molecular flexibility index (Phi) is 3.56. The SMILES string of the molecule is CC(C)N(C)CCc1csc2ccncc12. The second-order valence-corrected chi connectivity index (χ2v) is 5.37. The highest BCUT2D eigenvalue weighted by atomic mass is 32.1. The quantitative estimate of drug-likeness (QED) is 0.807. The molecule has 0 radical (unpaired) electrons. The molecule has 0 spiro atoms. The van der Waals surface area contributed by atoms with Crippen molar-refractivity contribution in [2.75, 3.05) is 13.6 Å². The zero-order chi connectivity index (χ0) is 11.5. The second kappa shape index (κ2) is 4.93. The average molecular weight is 234 g/mol. The molecule has 0 fully saturated rings. The van der Waals surface area contributed by atoms with Gasteiger partial charge in [0.15, 0.2) is 0 Å². The molecule has 2 aromatic rings. The average Bonchev–Trinajstić information content (AvgIpc) is 2.69. The third-order valence-electron chi connectivity index (χ3n) is 3.07. The molecular weight excluding hydrogens is 216 g/mol. The van der Waals surface area contributed by atoms with E-state index in [1.165, 1.54) is 15.6 Å². The van der Waals surface area contributed by atoms with Gasteiger partial charge in [0.2, 0.25) is 0 Å². The fraction of sp³-hybridized carbons (Fsp3) is 0.462. The lowest BCUT2D eigenvalue weighted by atomic mass is 10.1. The Morgan fingerprint density at radius 1 is 1.44 bits per heavy atom. The summed E-state index contributed by atoms with van der Waals surface area (Å²) in [6.07, 6.45) is 4.96. The Morgan fingerprint density at radius 3 is 3.00 bits per heavy atom. The largest absolute Gasteiger partial charge is 0.304 e. The first-order valence-electron chi connectivity index (χ1n) is 5.69. The first kappa shape index (κ1) is 11.6. The highest BCUT2D eigenvalue weighted by Gasteiger charge is 2.07. The Labute approximate surface area is 101 Å². The van der Waals surface area contributed by atoms with Crippen LogP contribution in [0.15, 0.2) is 23.8 Å². The fourth-order valence-corrected chi connectivity index (χ4v) is 2.64. The van der Waals surface area contributed by atoms with Gasteiger partial charge in [-0.15, -0.1) is 11.3 Å². The van der Waals surface area contributed by atoms with E-state index >= 15 is 0 Å². The zero-order valence-corrected chi connectivity index (χ0v) is 10.9. The maximum absolute atomic E-state index is 4.20. The van der Waals surface area contributed by atoms with Crippen molar-refractivity contribution in [3.05, 3.63) is 29.4 Å². The fourth-order valence-electron chi connectivity index (χ4n) is 1.67. The number of aromatic nitrogens is 1. The Bertz CT molecular complexity index is 462. The van der Waals surface area contributed by atoms with Crippen LogP contribution in [0.3, 0.4) is 0 Å². The first-order valence-corrected chi connectivity index (χ1v) is 6.57. The van der Waals surface area contributed by atoms with Crippen molar-refractivity contribution >= 4 is 21.4 Å². The third kappa shape index (κ3) is 2.42. The number of fused-ring (bicyclic) bond motifs is 1. The molecule has 0 saturated heterocycles. The summed E-state index contributed by atoms with van der Waals surface area (Å²) in [5, 5.41) is 3.59. The van der Waals surface area contributed by atoms with Crippen LogP contribution < -0.4 is 0 Å². The zero-order valence-electron chi connectivity index (χ0n) is 10.1. The molecule has 86 valence electrons. The molecule has 0 unspecified atom stereocenters. The maximum atomic E-state index is 4.20. The highest BCUT2D eigenvalue weighted by molar-refractivity contribution is 7.17. The first-order chi connectivity index (χ1) is 7.68. The number of hydrogen-bond donors (Lipinski definition) is 0. The van der Waals surface area contributed by atoms with Gasteiger partial charge in [-0.1, -0.05) is 0 Å². The van der Waals surface area contributed by atoms with E-state index in [1.54, 1.807) is 0 Å². The van der Waals surface area contributed by atoms with Gasteiger partial charge in [-0.25, -0.2) is 0 Å². The van der Waals surface area contributed by atoms with E-state index < -0.39 is 0 Å². The Balaban J connectivity index is 2.10. The predicted molar refractivity (Wildman–Crippen MR) is 71.1 cm³/mol. The van der Waals surface area contributed by atoms with Crippen LogP contribution >= 0.6 is 11.3 Å². The summed E-state index contributed by atoms with van der Waals surface area (Å²) in [4.78, 5) is 6.58. The molecule has 0 aliphatic heterocycles. The van der Waals surface area contributed by atoms with Gasteiger partial charge in [0.25, 0.3) is 0 Å². The maximum Gasteiger partial charge on any atom is 0.0376 e. The van der Waals surface area contributed by atoms with Crippen molar-refractivity contribution in [3.8, 4) is 0 Å². The lowest BCUT2D eigenvalue weighted by Crippen LogP contribution is -2.28. The molecule has 3 heteroatoms. The van der Waals surface area contributed by atoms with Crippen molar-refractivity contribution in [2.24, 2.45) is 0 Å². The molecular formula is C13H18N2S. The summed E-state index contributed by atoms with van der Waals surface area (Å²) in [6.45, 7) is 5.57. The van der Waals surface area contributed by atoms with E-state index in [9.17, 15) is 0 Å². The molecule has 2 heterocycles. The summed E-state index contributed by atoms with van der Waals surface area (Å²) in [6, 6.07) is 2.71. The van der Waals surface area contributed by atoms with Crippen LogP contribution in [-0.2, 0) is 6.42 Å². The van der Waals surface area contributed by atoms with Gasteiger partial charge in [0.1, 0.15) is 0 Å². The van der Waals surface area contributed by atoms with Crippen LogP contribution in [0.1, 0.15) is 19.4 Å². The summed E-state index contributed by atoms with van der Waals surface area (Å²) in [7, 11) is 2.18. The van der Waals surface area contributed by atoms with Crippen molar-refractivity contribution in [3.63, 3.8) is 0 Å². The highest BCUT2D eigenvalue weighted by Crippen LogP contribution is 2.25. The number of nitrogens with zero attached hydrogens (tertiary/aromatic N) is 2. The molecule has 2 nitrogen and oxygen atoms in total. The van der Waals surface area contributed by atoms with Gasteiger partial charge in [0, 0.05) is 35.1 Å². The van der Waals surface area contributed by atoms with Crippen LogP contribution in [0.5, 0.6) is 0 Å². The standard InChI is InChI=1S/C13H18N2S/c1-10(2)15(3)7-5-11-9-16-13-4-6-14-8-12(11)13/h4,6,8-10H,5,7H2,1-3H3. The molecule has 0 saturated carbocycles. The lowest BCUT2D eigenvalue weighted by Gasteiger charge is -2.20. The van der Waals surface area contributed by atoms with Crippen molar-refractivity contribution in [2.45, 2.75) is 26.3 Å². The monoisotopic (exact) mass is 234 g/mol. The molecule has 0 aliphatic carbocycles. The van der Waals surface area contributed by atoms with E-state index in [1.807, 2.05) is 23.7 Å². The molecule has 0 amide bonds. The summed E-state index contributed by atoms with van der Waals surface area (Å²) in [5.74, 6) is 0. The van der Waals surface area contributed by atoms with Gasteiger partial charge >= 0.3 is 0 Å². The minimum atomic E-state index is 0.614. The molecule has 0 N–H and O–H groups in total. The molecule has 2 aromatic heterocycles. The number of likely N-dealkylation sites (N-methyl/N-ethyl adjacent to an activating group) is 1. The molecule has 16 heavy (non-hydrogen) atoms. The molecule has 2 rings (SSSR count). The van der Waals surface area contributed by atoms with E-state index in [0.29, 0.717) is 6.04 Å². The van der Waals surface area contributed by atoms with E-state index in [0.717, 1.165) is 13.0 Å². The summed E-state index contributed by atoms with van der Waals surface area (Å²) in [5.41, 5.74) is 1.43. The molecule has 0 atom stereocenters. The summed E-state index contributed by atoms with van der Waals surface area (Å²) >= 11 is 1.82. The van der Waals surface area contributed by atoms with Gasteiger partial charge in [-0.2, -0.15) is 0 Å². The minimum absolute atomic E-state index is 0.614. The van der Waals surface area contributed by atoms with E-state index in [2.05, 4.69) is 42.2 Å². The van der Waals surface area contributed by atoms with Crippen molar-refractivity contribution in [1.82, 2.24) is 9.88 Å². The van der Waals surface area contributed by atoms with Gasteiger partial charge in [-0.3, -0.25) is 4.98 Å². The van der Waals surface area contributed by atoms with Crippen LogP contribution in [0.2, 0.25) is 0 Å². The van der Waals surface area contributed by atoms with Crippen LogP contribution in [0.4, 0.5) is 0 Å². The summed E-state index contributed by atoms with van der Waals surface area (Å²) < 4.78 is 1.34. The van der Waals surface area contributed by atoms with Gasteiger partial charge in [0.05, 0.1) is 0 Å². The van der Waals surface area contributed by atoms with Crippen molar-refractivity contribution in [1.29, 1.82) is 0 Å². The van der Waals surface area contributed by atoms with E-state index in [4.69, 9.17) is 0 Å². The number of rotatable bonds is 4. The Morgan fingerprint density at radius 2 is 2.25 bits per heavy atom. The third-order valence-corrected chi connectivity index (χ3v) is 4.08. The Hall–Kier alpha value is -0.930. The predicted octanol–water partition coefficient (Wildman–Crippen LogP) is 3.18. The number of thiophene rings is 1. The second-order valence-electron chi connectivity index (χ2n) is 4.46. The van der Waals surface area contributed by atoms with Crippen LogP contribution in [0.25, 0.3) is 10.1 Å². The lowest BCUT2D eigenvalue weighted by molar-refractivity contribution is 0.278. The van der Waals surface area contributed by atoms with Gasteiger partial charge < -0.3 is 4.90 Å². The molecule has 0 bridgehead atoms. The van der Waals surface area contributed by atoms with Gasteiger partial charge in [-0.05, 0) is 44.3 Å². The molecule has 0 aromatic carbocycles. The smallest absolute Gasteiger partial charge is 0.0376 e. The molecule has 0 aliphatic rings. The number of hydrogen-bond acceptors (Lipinski definition) is 3. The van der Waals surface area contributed by atoms with E-state index in [-0.39, 0.29) is 0 Å². The topological polar surface area (TPSA) is 16.1 Å². The van der Waals surface area contributed by atoms with Crippen LogP contribution in [-0.4, -0.2) is 29.5 Å². The minimum Gasteiger partial charge on any atom is -0.304 e. The number of pyridine rings is 1. The normalized spacial score (nSPS) is 11.8.